The molecule has 0 aromatic heterocycles. The third-order valence-electron chi connectivity index (χ3n) is 2.86. The second kappa shape index (κ2) is 6.41. The summed E-state index contributed by atoms with van der Waals surface area (Å²) < 4.78 is 5.65. The van der Waals surface area contributed by atoms with Crippen LogP contribution >= 0.6 is 11.6 Å². The van der Waals surface area contributed by atoms with Crippen LogP contribution in [0, 0.1) is 0 Å². The Morgan fingerprint density at radius 3 is 2.55 bits per heavy atom. The first-order valence-corrected chi connectivity index (χ1v) is 6.41. The molecule has 0 spiro atoms. The summed E-state index contributed by atoms with van der Waals surface area (Å²) in [6, 6.07) is 13.0. The van der Waals surface area contributed by atoms with Gasteiger partial charge < -0.3 is 15.6 Å². The number of aliphatic carboxylic acids is 1. The van der Waals surface area contributed by atoms with E-state index in [1.807, 2.05) is 18.2 Å². The van der Waals surface area contributed by atoms with Gasteiger partial charge in [-0.1, -0.05) is 48.0 Å². The second-order valence-corrected chi connectivity index (χ2v) is 4.64. The van der Waals surface area contributed by atoms with Crippen LogP contribution in [0.3, 0.4) is 0 Å². The first kappa shape index (κ1) is 14.4. The van der Waals surface area contributed by atoms with Crippen molar-refractivity contribution in [2.75, 3.05) is 0 Å². The van der Waals surface area contributed by atoms with Gasteiger partial charge in [-0.25, -0.2) is 0 Å². The molecule has 0 aliphatic carbocycles. The van der Waals surface area contributed by atoms with Gasteiger partial charge in [0.1, 0.15) is 18.4 Å². The van der Waals surface area contributed by atoms with Gasteiger partial charge in [-0.2, -0.15) is 0 Å². The minimum atomic E-state index is -1.11. The van der Waals surface area contributed by atoms with Crippen molar-refractivity contribution >= 4 is 17.6 Å². The monoisotopic (exact) mass is 291 g/mol. The van der Waals surface area contributed by atoms with E-state index in [0.717, 1.165) is 5.56 Å². The maximum Gasteiger partial charge on any atom is 0.325 e. The van der Waals surface area contributed by atoms with E-state index in [1.54, 1.807) is 30.3 Å². The van der Waals surface area contributed by atoms with Crippen LogP contribution in [0.15, 0.2) is 48.5 Å². The lowest BCUT2D eigenvalue weighted by atomic mass is 10.1. The summed E-state index contributed by atoms with van der Waals surface area (Å²) >= 11 is 6.04. The average molecular weight is 292 g/mol. The molecular weight excluding hydrogens is 278 g/mol. The van der Waals surface area contributed by atoms with Gasteiger partial charge in [-0.15, -0.1) is 0 Å². The van der Waals surface area contributed by atoms with Crippen LogP contribution in [-0.2, 0) is 11.4 Å². The fourth-order valence-electron chi connectivity index (χ4n) is 1.77. The number of carboxylic acid groups (broad SMARTS) is 1. The van der Waals surface area contributed by atoms with E-state index in [4.69, 9.17) is 27.2 Å². The minimum absolute atomic E-state index is 0.253. The van der Waals surface area contributed by atoms with Crippen molar-refractivity contribution in [3.63, 3.8) is 0 Å². The summed E-state index contributed by atoms with van der Waals surface area (Å²) in [5.41, 5.74) is 6.90. The zero-order valence-corrected chi connectivity index (χ0v) is 11.4. The molecule has 0 heterocycles. The largest absolute Gasteiger partial charge is 0.488 e. The van der Waals surface area contributed by atoms with Crippen LogP contribution in [0.2, 0.25) is 5.02 Å². The number of benzene rings is 2. The molecule has 0 bridgehead atoms. The molecule has 2 aromatic carbocycles. The molecule has 0 aliphatic heterocycles. The summed E-state index contributed by atoms with van der Waals surface area (Å²) in [5, 5.41) is 9.59. The molecule has 1 atom stereocenters. The van der Waals surface area contributed by atoms with Crippen LogP contribution in [0.4, 0.5) is 0 Å². The average Bonchev–Trinajstić information content (AvgIpc) is 2.46. The van der Waals surface area contributed by atoms with Crippen molar-refractivity contribution in [3.05, 3.63) is 64.7 Å². The summed E-state index contributed by atoms with van der Waals surface area (Å²) in [5.74, 6) is -0.652. The van der Waals surface area contributed by atoms with Crippen molar-refractivity contribution in [1.82, 2.24) is 0 Å². The molecule has 0 saturated heterocycles. The van der Waals surface area contributed by atoms with Crippen molar-refractivity contribution in [1.29, 1.82) is 0 Å². The Balaban J connectivity index is 2.18. The standard InChI is InChI=1S/C15H14ClNO3/c16-12-7-3-1-5-10(12)9-20-13-8-4-2-6-11(13)14(17)15(18)19/h1-8,14H,9,17H2,(H,18,19)/t14-/m0/s1. The van der Waals surface area contributed by atoms with Gasteiger partial charge in [0, 0.05) is 16.1 Å². The minimum Gasteiger partial charge on any atom is -0.488 e. The van der Waals surface area contributed by atoms with Gasteiger partial charge in [0.15, 0.2) is 0 Å². The summed E-state index contributed by atoms with van der Waals surface area (Å²) in [4.78, 5) is 11.0. The highest BCUT2D eigenvalue weighted by Gasteiger charge is 2.18. The second-order valence-electron chi connectivity index (χ2n) is 4.23. The molecule has 2 aromatic rings. The van der Waals surface area contributed by atoms with Crippen LogP contribution in [-0.4, -0.2) is 11.1 Å². The number of rotatable bonds is 5. The quantitative estimate of drug-likeness (QED) is 0.888. The molecule has 0 amide bonds. The van der Waals surface area contributed by atoms with E-state index in [-0.39, 0.29) is 6.61 Å². The molecule has 104 valence electrons. The Hall–Kier alpha value is -2.04. The highest BCUT2D eigenvalue weighted by Crippen LogP contribution is 2.25. The number of carboxylic acids is 1. The molecule has 2 rings (SSSR count). The third-order valence-corrected chi connectivity index (χ3v) is 3.23. The molecule has 20 heavy (non-hydrogen) atoms. The molecular formula is C15H14ClNO3. The number of ether oxygens (including phenoxy) is 1. The zero-order valence-electron chi connectivity index (χ0n) is 10.6. The lowest BCUT2D eigenvalue weighted by molar-refractivity contribution is -0.138. The Kier molecular flexibility index (Phi) is 4.61. The predicted molar refractivity (Wildman–Crippen MR) is 76.8 cm³/mol. The molecule has 0 radical (unpaired) electrons. The Morgan fingerprint density at radius 2 is 1.85 bits per heavy atom. The lowest BCUT2D eigenvalue weighted by Crippen LogP contribution is -2.21. The van der Waals surface area contributed by atoms with Gasteiger partial charge in [-0.05, 0) is 12.1 Å². The van der Waals surface area contributed by atoms with Gasteiger partial charge in [0.05, 0.1) is 0 Å². The lowest BCUT2D eigenvalue weighted by Gasteiger charge is -2.14. The number of halogens is 1. The molecule has 0 saturated carbocycles. The van der Waals surface area contributed by atoms with E-state index in [1.165, 1.54) is 0 Å². The summed E-state index contributed by atoms with van der Waals surface area (Å²) in [6.07, 6.45) is 0. The fourth-order valence-corrected chi connectivity index (χ4v) is 1.96. The smallest absolute Gasteiger partial charge is 0.325 e. The molecule has 4 nitrogen and oxygen atoms in total. The number of hydrogen-bond acceptors (Lipinski definition) is 3. The molecule has 3 N–H and O–H groups in total. The maximum atomic E-state index is 11.0. The first-order valence-electron chi connectivity index (χ1n) is 6.03. The third kappa shape index (κ3) is 3.29. The first-order chi connectivity index (χ1) is 9.59. The number of nitrogens with two attached hydrogens (primary N) is 1. The molecule has 0 aliphatic rings. The van der Waals surface area contributed by atoms with Crippen LogP contribution in [0.5, 0.6) is 5.75 Å². The summed E-state index contributed by atoms with van der Waals surface area (Å²) in [7, 11) is 0. The van der Waals surface area contributed by atoms with Crippen molar-refractivity contribution in [2.24, 2.45) is 5.73 Å². The molecule has 0 fully saturated rings. The van der Waals surface area contributed by atoms with Gasteiger partial charge >= 0.3 is 5.97 Å². The van der Waals surface area contributed by atoms with E-state index in [2.05, 4.69) is 0 Å². The predicted octanol–water partition coefficient (Wildman–Crippen LogP) is 3.00. The van der Waals surface area contributed by atoms with Crippen molar-refractivity contribution in [2.45, 2.75) is 12.6 Å². The van der Waals surface area contributed by atoms with E-state index < -0.39 is 12.0 Å². The Labute approximate surface area is 121 Å². The van der Waals surface area contributed by atoms with Gasteiger partial charge in [0.25, 0.3) is 0 Å². The van der Waals surface area contributed by atoms with Crippen LogP contribution in [0.25, 0.3) is 0 Å². The molecule has 5 heteroatoms. The fraction of sp³-hybridized carbons (Fsp3) is 0.133. The topological polar surface area (TPSA) is 72.6 Å². The van der Waals surface area contributed by atoms with Crippen LogP contribution < -0.4 is 10.5 Å². The maximum absolute atomic E-state index is 11.0. The van der Waals surface area contributed by atoms with E-state index in [0.29, 0.717) is 16.3 Å². The number of hydrogen-bond donors (Lipinski definition) is 2. The van der Waals surface area contributed by atoms with Gasteiger partial charge in [0.2, 0.25) is 0 Å². The Morgan fingerprint density at radius 1 is 1.20 bits per heavy atom. The van der Waals surface area contributed by atoms with E-state index in [9.17, 15) is 4.79 Å². The SMILES string of the molecule is N[C@H](C(=O)O)c1ccccc1OCc1ccccc1Cl. The zero-order chi connectivity index (χ0) is 14.5. The normalized spacial score (nSPS) is 11.9. The highest BCUT2D eigenvalue weighted by molar-refractivity contribution is 6.31. The van der Waals surface area contributed by atoms with E-state index >= 15 is 0 Å². The van der Waals surface area contributed by atoms with Crippen LogP contribution in [0.1, 0.15) is 17.2 Å². The van der Waals surface area contributed by atoms with Gasteiger partial charge in [-0.3, -0.25) is 4.79 Å². The highest BCUT2D eigenvalue weighted by atomic mass is 35.5. The summed E-state index contributed by atoms with van der Waals surface area (Å²) in [6.45, 7) is 0.253. The number of para-hydroxylation sites is 1. The van der Waals surface area contributed by atoms with Crippen molar-refractivity contribution < 1.29 is 14.6 Å². The number of carbonyl (C=O) groups is 1. The Bertz CT molecular complexity index is 616. The van der Waals surface area contributed by atoms with Crippen molar-refractivity contribution in [3.8, 4) is 5.75 Å². The molecule has 0 unspecified atom stereocenters.